The van der Waals surface area contributed by atoms with Crippen LogP contribution < -0.4 is 4.74 Å². The zero-order valence-corrected chi connectivity index (χ0v) is 16.2. The molecule has 2 rings (SSSR count). The van der Waals surface area contributed by atoms with Crippen molar-refractivity contribution in [2.75, 3.05) is 33.8 Å². The molecule has 148 valence electrons. The Hall–Kier alpha value is -2.57. The topological polar surface area (TPSA) is 87.2 Å². The van der Waals surface area contributed by atoms with Crippen molar-refractivity contribution in [2.24, 2.45) is 5.92 Å². The minimum Gasteiger partial charge on any atom is -0.497 e. The summed E-state index contributed by atoms with van der Waals surface area (Å²) in [5.74, 6) is -0.912. The number of hydrogen-bond acceptors (Lipinski definition) is 4. The first-order valence-corrected chi connectivity index (χ1v) is 9.20. The number of amides is 2. The number of piperidine rings is 1. The Balaban J connectivity index is 1.86. The third kappa shape index (κ3) is 5.70. The van der Waals surface area contributed by atoms with E-state index in [0.717, 1.165) is 11.3 Å². The summed E-state index contributed by atoms with van der Waals surface area (Å²) in [5.41, 5.74) is 1.03. The van der Waals surface area contributed by atoms with Crippen molar-refractivity contribution in [3.8, 4) is 5.75 Å². The van der Waals surface area contributed by atoms with E-state index in [9.17, 15) is 14.4 Å². The number of aliphatic carboxylic acids is 1. The quantitative estimate of drug-likeness (QED) is 0.786. The number of hydrogen-bond donors (Lipinski definition) is 1. The number of nitrogens with zero attached hydrogens (tertiary/aromatic N) is 2. The minimum absolute atomic E-state index is 0.0207. The number of likely N-dealkylation sites (tertiary alicyclic amines) is 1. The number of rotatable bonds is 7. The molecule has 7 heteroatoms. The third-order valence-corrected chi connectivity index (χ3v) is 5.09. The van der Waals surface area contributed by atoms with Crippen LogP contribution in [-0.4, -0.2) is 66.5 Å². The van der Waals surface area contributed by atoms with Crippen LogP contribution in [0.25, 0.3) is 0 Å². The van der Waals surface area contributed by atoms with E-state index >= 15 is 0 Å². The molecule has 1 aromatic carbocycles. The number of benzene rings is 1. The molecule has 0 aromatic heterocycles. The van der Waals surface area contributed by atoms with E-state index < -0.39 is 11.9 Å². The Morgan fingerprint density at radius 3 is 2.56 bits per heavy atom. The molecule has 2 unspecified atom stereocenters. The molecule has 0 saturated carbocycles. The number of carboxylic acids is 1. The monoisotopic (exact) mass is 376 g/mol. The van der Waals surface area contributed by atoms with E-state index in [1.807, 2.05) is 31.2 Å². The van der Waals surface area contributed by atoms with Gasteiger partial charge in [0, 0.05) is 26.6 Å². The van der Waals surface area contributed by atoms with Crippen LogP contribution in [0, 0.1) is 5.92 Å². The Morgan fingerprint density at radius 2 is 1.96 bits per heavy atom. The molecule has 1 fully saturated rings. The number of carbonyl (C=O) groups excluding carboxylic acids is 2. The van der Waals surface area contributed by atoms with Gasteiger partial charge in [-0.15, -0.1) is 0 Å². The molecule has 1 heterocycles. The first-order valence-electron chi connectivity index (χ1n) is 9.20. The van der Waals surface area contributed by atoms with Gasteiger partial charge >= 0.3 is 5.97 Å². The smallest absolute Gasteiger partial charge is 0.308 e. The lowest BCUT2D eigenvalue weighted by atomic mass is 9.97. The molecule has 0 spiro atoms. The number of carboxylic acid groups (broad SMARTS) is 1. The lowest BCUT2D eigenvalue weighted by Crippen LogP contribution is -2.47. The number of ether oxygens (including phenoxy) is 1. The van der Waals surface area contributed by atoms with Crippen LogP contribution >= 0.6 is 0 Å². The SMILES string of the molecule is COc1ccc(C(C)CC(=O)N(C)CC(=O)N2CCCC(C(=O)O)C2)cc1. The van der Waals surface area contributed by atoms with Gasteiger partial charge in [-0.25, -0.2) is 0 Å². The Kier molecular flexibility index (Phi) is 7.21. The summed E-state index contributed by atoms with van der Waals surface area (Å²) < 4.78 is 5.14. The fraction of sp³-hybridized carbons (Fsp3) is 0.550. The van der Waals surface area contributed by atoms with Gasteiger partial charge in [-0.2, -0.15) is 0 Å². The highest BCUT2D eigenvalue weighted by Gasteiger charge is 2.29. The minimum atomic E-state index is -0.870. The molecular formula is C20H28N2O5. The number of likely N-dealkylation sites (N-methyl/N-ethyl adjacent to an activating group) is 1. The largest absolute Gasteiger partial charge is 0.497 e. The lowest BCUT2D eigenvalue weighted by molar-refractivity contribution is -0.147. The highest BCUT2D eigenvalue weighted by atomic mass is 16.5. The van der Waals surface area contributed by atoms with E-state index in [1.54, 1.807) is 19.1 Å². The highest BCUT2D eigenvalue weighted by molar-refractivity contribution is 5.85. The fourth-order valence-corrected chi connectivity index (χ4v) is 3.26. The summed E-state index contributed by atoms with van der Waals surface area (Å²) in [7, 11) is 3.22. The van der Waals surface area contributed by atoms with Gasteiger partial charge in [0.2, 0.25) is 11.8 Å². The van der Waals surface area contributed by atoms with E-state index in [-0.39, 0.29) is 30.8 Å². The predicted molar refractivity (Wildman–Crippen MR) is 101 cm³/mol. The Morgan fingerprint density at radius 1 is 1.30 bits per heavy atom. The van der Waals surface area contributed by atoms with Crippen molar-refractivity contribution >= 4 is 17.8 Å². The van der Waals surface area contributed by atoms with Crippen molar-refractivity contribution in [2.45, 2.75) is 32.1 Å². The van der Waals surface area contributed by atoms with Crippen LogP contribution in [0.15, 0.2) is 24.3 Å². The zero-order chi connectivity index (χ0) is 20.0. The molecule has 1 aliphatic heterocycles. The maximum Gasteiger partial charge on any atom is 0.308 e. The Bertz CT molecular complexity index is 673. The first-order chi connectivity index (χ1) is 12.8. The van der Waals surface area contributed by atoms with Gasteiger partial charge in [-0.1, -0.05) is 19.1 Å². The molecule has 7 nitrogen and oxygen atoms in total. The fourth-order valence-electron chi connectivity index (χ4n) is 3.26. The summed E-state index contributed by atoms with van der Waals surface area (Å²) >= 11 is 0. The third-order valence-electron chi connectivity index (χ3n) is 5.09. The second kappa shape index (κ2) is 9.39. The van der Waals surface area contributed by atoms with Gasteiger partial charge in [0.05, 0.1) is 19.6 Å². The molecule has 0 radical (unpaired) electrons. The normalized spacial score (nSPS) is 17.9. The molecule has 2 atom stereocenters. The van der Waals surface area contributed by atoms with Crippen molar-refractivity contribution in [1.82, 2.24) is 9.80 Å². The van der Waals surface area contributed by atoms with Crippen LogP contribution in [0.3, 0.4) is 0 Å². The van der Waals surface area contributed by atoms with Crippen molar-refractivity contribution in [3.63, 3.8) is 0 Å². The van der Waals surface area contributed by atoms with Crippen LogP contribution in [0.1, 0.15) is 37.7 Å². The summed E-state index contributed by atoms with van der Waals surface area (Å²) in [5, 5.41) is 9.14. The lowest BCUT2D eigenvalue weighted by Gasteiger charge is -2.32. The van der Waals surface area contributed by atoms with E-state index in [2.05, 4.69) is 0 Å². The molecule has 1 aromatic rings. The van der Waals surface area contributed by atoms with Crippen molar-refractivity contribution in [3.05, 3.63) is 29.8 Å². The van der Waals surface area contributed by atoms with Gasteiger partial charge < -0.3 is 19.6 Å². The first kappa shape index (κ1) is 20.7. The van der Waals surface area contributed by atoms with Gasteiger partial charge in [-0.05, 0) is 36.5 Å². The standard InChI is InChI=1S/C20H28N2O5/c1-14(15-6-8-17(27-3)9-7-15)11-18(23)21(2)13-19(24)22-10-4-5-16(12-22)20(25)26/h6-9,14,16H,4-5,10-13H2,1-3H3,(H,25,26). The van der Waals surface area contributed by atoms with Crippen LogP contribution in [-0.2, 0) is 14.4 Å². The molecule has 1 saturated heterocycles. The summed E-state index contributed by atoms with van der Waals surface area (Å²) in [6.45, 7) is 2.71. The molecule has 0 aliphatic carbocycles. The van der Waals surface area contributed by atoms with E-state index in [1.165, 1.54) is 4.90 Å². The average Bonchev–Trinajstić information content (AvgIpc) is 2.67. The van der Waals surface area contributed by atoms with Crippen molar-refractivity contribution in [1.29, 1.82) is 0 Å². The Labute approximate surface area is 159 Å². The second-order valence-electron chi connectivity index (χ2n) is 7.15. The second-order valence-corrected chi connectivity index (χ2v) is 7.15. The molecular weight excluding hydrogens is 348 g/mol. The zero-order valence-electron chi connectivity index (χ0n) is 16.2. The van der Waals surface area contributed by atoms with Gasteiger partial charge in [0.25, 0.3) is 0 Å². The predicted octanol–water partition coefficient (Wildman–Crippen LogP) is 1.97. The van der Waals surface area contributed by atoms with Crippen LogP contribution in [0.5, 0.6) is 5.75 Å². The van der Waals surface area contributed by atoms with E-state index in [4.69, 9.17) is 9.84 Å². The van der Waals surface area contributed by atoms with Gasteiger partial charge in [-0.3, -0.25) is 14.4 Å². The van der Waals surface area contributed by atoms with Gasteiger partial charge in [0.15, 0.2) is 0 Å². The molecule has 0 bridgehead atoms. The molecule has 27 heavy (non-hydrogen) atoms. The maximum atomic E-state index is 12.5. The summed E-state index contributed by atoms with van der Waals surface area (Å²) in [4.78, 5) is 39.0. The number of methoxy groups -OCH3 is 1. The average molecular weight is 376 g/mol. The maximum absolute atomic E-state index is 12.5. The number of carbonyl (C=O) groups is 3. The molecule has 2 amide bonds. The van der Waals surface area contributed by atoms with Crippen LogP contribution in [0.4, 0.5) is 0 Å². The van der Waals surface area contributed by atoms with Crippen molar-refractivity contribution < 1.29 is 24.2 Å². The van der Waals surface area contributed by atoms with Crippen LogP contribution in [0.2, 0.25) is 0 Å². The highest BCUT2D eigenvalue weighted by Crippen LogP contribution is 2.22. The molecule has 1 aliphatic rings. The summed E-state index contributed by atoms with van der Waals surface area (Å²) in [6, 6.07) is 7.58. The molecule has 1 N–H and O–H groups in total. The van der Waals surface area contributed by atoms with E-state index in [0.29, 0.717) is 25.8 Å². The van der Waals surface area contributed by atoms with Gasteiger partial charge in [0.1, 0.15) is 5.75 Å². The summed E-state index contributed by atoms with van der Waals surface area (Å²) in [6.07, 6.45) is 1.57.